The standard InChI is InChI=1S/C19H17ClN4O7/c1-30-15-4-3-11(7-13(15)20)24(31-2)16(25)9-22-14-8-21-6-5-12(14)18(28)23(19(22)29)10-17(26)27/h3-8H,9-10H2,1-2H3,(H,26,27). The molecule has 0 radical (unpaired) electrons. The summed E-state index contributed by atoms with van der Waals surface area (Å²) in [5.74, 6) is -1.67. The zero-order valence-corrected chi connectivity index (χ0v) is 17.2. The summed E-state index contributed by atoms with van der Waals surface area (Å²) in [7, 11) is 2.70. The summed E-state index contributed by atoms with van der Waals surface area (Å²) in [6.07, 6.45) is 2.57. The molecule has 0 fully saturated rings. The number of methoxy groups -OCH3 is 1. The van der Waals surface area contributed by atoms with Gasteiger partial charge in [-0.1, -0.05) is 11.6 Å². The molecule has 11 nitrogen and oxygen atoms in total. The Kier molecular flexibility index (Phi) is 6.37. The first-order chi connectivity index (χ1) is 14.8. The fourth-order valence-electron chi connectivity index (χ4n) is 3.02. The lowest BCUT2D eigenvalue weighted by Crippen LogP contribution is -2.44. The van der Waals surface area contributed by atoms with Crippen LogP contribution in [-0.4, -0.2) is 45.3 Å². The van der Waals surface area contributed by atoms with Crippen molar-refractivity contribution in [3.05, 3.63) is 62.5 Å². The third kappa shape index (κ3) is 4.27. The molecule has 2 heterocycles. The molecule has 0 atom stereocenters. The van der Waals surface area contributed by atoms with E-state index in [0.717, 1.165) is 9.63 Å². The summed E-state index contributed by atoms with van der Waals surface area (Å²) in [5.41, 5.74) is -1.41. The normalized spacial score (nSPS) is 10.8. The van der Waals surface area contributed by atoms with Crippen LogP contribution in [0.1, 0.15) is 0 Å². The quantitative estimate of drug-likeness (QED) is 0.527. The zero-order valence-electron chi connectivity index (χ0n) is 16.4. The molecule has 12 heteroatoms. The lowest BCUT2D eigenvalue weighted by Gasteiger charge is -2.21. The highest BCUT2D eigenvalue weighted by molar-refractivity contribution is 6.32. The summed E-state index contributed by atoms with van der Waals surface area (Å²) >= 11 is 6.11. The average molecular weight is 449 g/mol. The van der Waals surface area contributed by atoms with Crippen LogP contribution in [0, 0.1) is 0 Å². The number of aromatic nitrogens is 3. The number of carboxylic acids is 1. The van der Waals surface area contributed by atoms with Crippen LogP contribution >= 0.6 is 11.6 Å². The number of carbonyl (C=O) groups is 2. The minimum absolute atomic E-state index is 0.0418. The predicted octanol–water partition coefficient (Wildman–Crippen LogP) is 0.899. The van der Waals surface area contributed by atoms with Crippen molar-refractivity contribution in [2.45, 2.75) is 13.1 Å². The molecule has 3 rings (SSSR count). The lowest BCUT2D eigenvalue weighted by atomic mass is 10.2. The molecule has 2 aromatic heterocycles. The molecule has 0 saturated heterocycles. The molecular formula is C19H17ClN4O7. The topological polar surface area (TPSA) is 133 Å². The fourth-order valence-corrected chi connectivity index (χ4v) is 3.27. The molecule has 1 aromatic carbocycles. The third-order valence-corrected chi connectivity index (χ3v) is 4.69. The monoisotopic (exact) mass is 448 g/mol. The van der Waals surface area contributed by atoms with Gasteiger partial charge in [0, 0.05) is 6.20 Å². The first-order valence-electron chi connectivity index (χ1n) is 8.78. The van der Waals surface area contributed by atoms with Crippen LogP contribution in [0.3, 0.4) is 0 Å². The second kappa shape index (κ2) is 8.98. The summed E-state index contributed by atoms with van der Waals surface area (Å²) < 4.78 is 6.59. The van der Waals surface area contributed by atoms with E-state index in [1.165, 1.54) is 50.9 Å². The molecule has 0 aliphatic rings. The second-order valence-electron chi connectivity index (χ2n) is 6.24. The smallest absolute Gasteiger partial charge is 0.332 e. The molecule has 0 bridgehead atoms. The minimum Gasteiger partial charge on any atom is -0.495 e. The van der Waals surface area contributed by atoms with E-state index in [1.807, 2.05) is 0 Å². The number of halogens is 1. The van der Waals surface area contributed by atoms with Gasteiger partial charge in [-0.05, 0) is 24.3 Å². The number of carbonyl (C=O) groups excluding carboxylic acids is 1. The van der Waals surface area contributed by atoms with Crippen LogP contribution in [0.25, 0.3) is 10.9 Å². The van der Waals surface area contributed by atoms with E-state index in [2.05, 4.69) is 4.98 Å². The lowest BCUT2D eigenvalue weighted by molar-refractivity contribution is -0.137. The second-order valence-corrected chi connectivity index (χ2v) is 6.64. The summed E-state index contributed by atoms with van der Waals surface area (Å²) in [5, 5.41) is 10.3. The van der Waals surface area contributed by atoms with Crippen LogP contribution in [0.5, 0.6) is 5.75 Å². The highest BCUT2D eigenvalue weighted by Gasteiger charge is 2.22. The Morgan fingerprint density at radius 1 is 1.16 bits per heavy atom. The van der Waals surface area contributed by atoms with Crippen LogP contribution < -0.4 is 21.0 Å². The number of nitrogens with zero attached hydrogens (tertiary/aromatic N) is 4. The Labute approximate surface area is 179 Å². The number of hydroxylamine groups is 1. The zero-order chi connectivity index (χ0) is 22.7. The van der Waals surface area contributed by atoms with Gasteiger partial charge < -0.3 is 9.84 Å². The first kappa shape index (κ1) is 22.0. The maximum atomic E-state index is 13.0. The first-order valence-corrected chi connectivity index (χ1v) is 9.16. The number of rotatable bonds is 7. The van der Waals surface area contributed by atoms with Gasteiger partial charge in [-0.2, -0.15) is 5.06 Å². The Morgan fingerprint density at radius 2 is 1.90 bits per heavy atom. The van der Waals surface area contributed by atoms with Gasteiger partial charge in [0.15, 0.2) is 0 Å². The number of fused-ring (bicyclic) bond motifs is 1. The summed E-state index contributed by atoms with van der Waals surface area (Å²) in [6.45, 7) is -1.41. The van der Waals surface area contributed by atoms with Crippen molar-refractivity contribution in [1.82, 2.24) is 14.1 Å². The number of hydrogen-bond donors (Lipinski definition) is 1. The van der Waals surface area contributed by atoms with E-state index in [4.69, 9.17) is 26.3 Å². The van der Waals surface area contributed by atoms with Crippen LogP contribution in [0.15, 0.2) is 46.2 Å². The Morgan fingerprint density at radius 3 is 2.52 bits per heavy atom. The van der Waals surface area contributed by atoms with E-state index in [-0.39, 0.29) is 21.6 Å². The molecular weight excluding hydrogens is 432 g/mol. The Balaban J connectivity index is 2.08. The Hall–Kier alpha value is -3.70. The van der Waals surface area contributed by atoms with E-state index in [1.54, 1.807) is 0 Å². The van der Waals surface area contributed by atoms with Gasteiger partial charge >= 0.3 is 11.7 Å². The van der Waals surface area contributed by atoms with E-state index < -0.39 is 36.2 Å². The highest BCUT2D eigenvalue weighted by atomic mass is 35.5. The molecule has 0 unspecified atom stereocenters. The van der Waals surface area contributed by atoms with Crippen molar-refractivity contribution >= 4 is 40.1 Å². The number of benzene rings is 1. The van der Waals surface area contributed by atoms with Crippen molar-refractivity contribution in [1.29, 1.82) is 0 Å². The number of ether oxygens (including phenoxy) is 1. The van der Waals surface area contributed by atoms with Crippen molar-refractivity contribution in [2.75, 3.05) is 19.3 Å². The molecule has 0 aliphatic carbocycles. The fraction of sp³-hybridized carbons (Fsp3) is 0.211. The summed E-state index contributed by atoms with van der Waals surface area (Å²) in [4.78, 5) is 58.5. The number of carboxylic acid groups (broad SMARTS) is 1. The van der Waals surface area contributed by atoms with Gasteiger partial charge in [0.1, 0.15) is 18.8 Å². The predicted molar refractivity (Wildman–Crippen MR) is 110 cm³/mol. The van der Waals surface area contributed by atoms with Crippen molar-refractivity contribution in [3.8, 4) is 5.75 Å². The minimum atomic E-state index is -1.38. The Bertz CT molecular complexity index is 1280. The average Bonchev–Trinajstić information content (AvgIpc) is 2.74. The largest absolute Gasteiger partial charge is 0.495 e. The third-order valence-electron chi connectivity index (χ3n) is 4.39. The molecule has 0 spiro atoms. The van der Waals surface area contributed by atoms with Gasteiger partial charge in [-0.15, -0.1) is 0 Å². The molecule has 1 N–H and O–H groups in total. The molecule has 1 amide bonds. The molecule has 0 aliphatic heterocycles. The number of hydrogen-bond acceptors (Lipinski definition) is 7. The molecule has 31 heavy (non-hydrogen) atoms. The van der Waals surface area contributed by atoms with Crippen molar-refractivity contribution in [2.24, 2.45) is 0 Å². The number of aliphatic carboxylic acids is 1. The van der Waals surface area contributed by atoms with Crippen LogP contribution in [0.2, 0.25) is 5.02 Å². The molecule has 162 valence electrons. The SMILES string of the molecule is COc1ccc(N(OC)C(=O)Cn2c(=O)n(CC(=O)O)c(=O)c3ccncc32)cc1Cl. The van der Waals surface area contributed by atoms with Crippen LogP contribution in [-0.2, 0) is 27.5 Å². The highest BCUT2D eigenvalue weighted by Crippen LogP contribution is 2.29. The number of pyridine rings is 1. The van der Waals surface area contributed by atoms with Gasteiger partial charge in [-0.3, -0.25) is 28.8 Å². The van der Waals surface area contributed by atoms with Gasteiger partial charge in [0.25, 0.3) is 11.5 Å². The summed E-state index contributed by atoms with van der Waals surface area (Å²) in [6, 6.07) is 5.85. The number of amides is 1. The van der Waals surface area contributed by atoms with E-state index >= 15 is 0 Å². The van der Waals surface area contributed by atoms with E-state index in [9.17, 15) is 19.2 Å². The number of anilines is 1. The van der Waals surface area contributed by atoms with Gasteiger partial charge in [-0.25, -0.2) is 9.36 Å². The maximum absolute atomic E-state index is 13.0. The molecule has 3 aromatic rings. The maximum Gasteiger partial charge on any atom is 0.332 e. The van der Waals surface area contributed by atoms with Crippen LogP contribution in [0.4, 0.5) is 5.69 Å². The van der Waals surface area contributed by atoms with Gasteiger partial charge in [0.2, 0.25) is 0 Å². The van der Waals surface area contributed by atoms with Gasteiger partial charge in [0.05, 0.1) is 42.0 Å². The van der Waals surface area contributed by atoms with Crippen molar-refractivity contribution in [3.63, 3.8) is 0 Å². The van der Waals surface area contributed by atoms with Crippen molar-refractivity contribution < 1.29 is 24.3 Å². The van der Waals surface area contributed by atoms with E-state index in [0.29, 0.717) is 10.3 Å². The molecule has 0 saturated carbocycles.